The van der Waals surface area contributed by atoms with Gasteiger partial charge in [0.25, 0.3) is 0 Å². The molecule has 73 valence electrons. The summed E-state index contributed by atoms with van der Waals surface area (Å²) in [6, 6.07) is 10.4. The highest BCUT2D eigenvalue weighted by molar-refractivity contribution is 6.53. The highest BCUT2D eigenvalue weighted by Gasteiger charge is 1.94. The monoisotopic (exact) mass is 182 g/mol. The Morgan fingerprint density at radius 3 is 2.08 bits per heavy atom. The number of hydrogen-bond acceptors (Lipinski definition) is 1. The predicted octanol–water partition coefficient (Wildman–Crippen LogP) is -1.11. The van der Waals surface area contributed by atoms with Gasteiger partial charge in [-0.3, -0.25) is 0 Å². The van der Waals surface area contributed by atoms with Crippen molar-refractivity contribution in [3.05, 3.63) is 30.3 Å². The standard InChI is InChI=1S/C9H13BN.2H2O/c1-11(2)8-10-9-6-4-3-5-7-9;;/h3-7H,8H2,1-2H3;2*1H2. The fourth-order valence-electron chi connectivity index (χ4n) is 0.877. The average molecular weight is 182 g/mol. The van der Waals surface area contributed by atoms with Crippen LogP contribution < -0.4 is 5.46 Å². The molecule has 0 aliphatic carbocycles. The van der Waals surface area contributed by atoms with Crippen molar-refractivity contribution >= 4 is 12.7 Å². The zero-order valence-corrected chi connectivity index (χ0v) is 8.12. The summed E-state index contributed by atoms with van der Waals surface area (Å²) >= 11 is 0. The molecule has 4 heteroatoms. The summed E-state index contributed by atoms with van der Waals surface area (Å²) in [4.78, 5) is 2.15. The maximum absolute atomic E-state index is 2.21. The van der Waals surface area contributed by atoms with Gasteiger partial charge in [0, 0.05) is 0 Å². The fraction of sp³-hybridized carbons (Fsp3) is 0.333. The van der Waals surface area contributed by atoms with Crippen molar-refractivity contribution < 1.29 is 11.0 Å². The summed E-state index contributed by atoms with van der Waals surface area (Å²) in [7, 11) is 6.35. The van der Waals surface area contributed by atoms with E-state index in [0.717, 1.165) is 6.44 Å². The smallest absolute Gasteiger partial charge is 0.169 e. The van der Waals surface area contributed by atoms with Gasteiger partial charge in [-0.25, -0.2) is 0 Å². The number of rotatable bonds is 3. The minimum atomic E-state index is 0. The molecule has 0 spiro atoms. The Kier molecular flexibility index (Phi) is 8.80. The summed E-state index contributed by atoms with van der Waals surface area (Å²) in [5.41, 5.74) is 1.29. The Hall–Kier alpha value is -0.835. The zero-order chi connectivity index (χ0) is 8.10. The third kappa shape index (κ3) is 6.34. The van der Waals surface area contributed by atoms with Gasteiger partial charge in [-0.05, 0) is 20.5 Å². The van der Waals surface area contributed by atoms with Crippen LogP contribution in [0.15, 0.2) is 30.3 Å². The third-order valence-electron chi connectivity index (χ3n) is 1.49. The predicted molar refractivity (Wildman–Crippen MR) is 57.6 cm³/mol. The molecular weight excluding hydrogens is 165 g/mol. The van der Waals surface area contributed by atoms with Crippen LogP contribution in [-0.2, 0) is 0 Å². The summed E-state index contributed by atoms with van der Waals surface area (Å²) in [5, 5.41) is 0. The molecule has 1 aromatic rings. The van der Waals surface area contributed by atoms with E-state index in [1.807, 2.05) is 6.07 Å². The highest BCUT2D eigenvalue weighted by atomic mass is 16.0. The Balaban J connectivity index is 0. The average Bonchev–Trinajstić information content (AvgIpc) is 2.03. The van der Waals surface area contributed by atoms with Gasteiger partial charge in [0.05, 0.1) is 0 Å². The first-order chi connectivity index (χ1) is 5.29. The number of nitrogens with zero attached hydrogens (tertiary/aromatic N) is 1. The Labute approximate surface area is 80.2 Å². The highest BCUT2D eigenvalue weighted by Crippen LogP contribution is 1.81. The second-order valence-corrected chi connectivity index (χ2v) is 2.88. The molecule has 4 N–H and O–H groups in total. The SMILES string of the molecule is CN(C)C[B]c1ccccc1.O.O. The van der Waals surface area contributed by atoms with E-state index in [1.165, 1.54) is 5.46 Å². The van der Waals surface area contributed by atoms with Crippen LogP contribution in [0.5, 0.6) is 0 Å². The van der Waals surface area contributed by atoms with Crippen LogP contribution in [0.25, 0.3) is 0 Å². The largest absolute Gasteiger partial charge is 0.412 e. The van der Waals surface area contributed by atoms with Crippen LogP contribution in [0.3, 0.4) is 0 Å². The van der Waals surface area contributed by atoms with Crippen LogP contribution in [0.4, 0.5) is 0 Å². The van der Waals surface area contributed by atoms with Gasteiger partial charge < -0.3 is 15.9 Å². The zero-order valence-electron chi connectivity index (χ0n) is 8.12. The van der Waals surface area contributed by atoms with E-state index < -0.39 is 0 Å². The van der Waals surface area contributed by atoms with Crippen LogP contribution in [0.1, 0.15) is 0 Å². The molecule has 0 aromatic heterocycles. The minimum absolute atomic E-state index is 0. The van der Waals surface area contributed by atoms with Gasteiger partial charge in [0.2, 0.25) is 0 Å². The molecule has 0 heterocycles. The van der Waals surface area contributed by atoms with E-state index in [9.17, 15) is 0 Å². The minimum Gasteiger partial charge on any atom is -0.412 e. The van der Waals surface area contributed by atoms with Gasteiger partial charge in [-0.1, -0.05) is 35.8 Å². The van der Waals surface area contributed by atoms with Gasteiger partial charge in [0.1, 0.15) is 0 Å². The lowest BCUT2D eigenvalue weighted by Crippen LogP contribution is -2.27. The molecular formula is C9H17BNO2. The number of hydrogen-bond donors (Lipinski definition) is 0. The van der Waals surface area contributed by atoms with Crippen LogP contribution in [0, 0.1) is 0 Å². The first-order valence-electron chi connectivity index (χ1n) is 3.82. The molecule has 0 bridgehead atoms. The van der Waals surface area contributed by atoms with E-state index in [1.54, 1.807) is 0 Å². The molecule has 13 heavy (non-hydrogen) atoms. The molecule has 1 aromatic carbocycles. The van der Waals surface area contributed by atoms with Gasteiger partial charge in [-0.2, -0.15) is 0 Å². The van der Waals surface area contributed by atoms with E-state index >= 15 is 0 Å². The van der Waals surface area contributed by atoms with E-state index in [-0.39, 0.29) is 11.0 Å². The van der Waals surface area contributed by atoms with Crippen molar-refractivity contribution in [3.63, 3.8) is 0 Å². The maximum Gasteiger partial charge on any atom is 0.169 e. The van der Waals surface area contributed by atoms with E-state index in [0.29, 0.717) is 0 Å². The van der Waals surface area contributed by atoms with Crippen molar-refractivity contribution in [1.82, 2.24) is 4.90 Å². The number of benzene rings is 1. The van der Waals surface area contributed by atoms with E-state index in [2.05, 4.69) is 50.5 Å². The van der Waals surface area contributed by atoms with Crippen molar-refractivity contribution in [2.45, 2.75) is 0 Å². The summed E-state index contributed by atoms with van der Waals surface area (Å²) in [6.45, 7) is 0. The second kappa shape index (κ2) is 7.80. The molecule has 1 radical (unpaired) electrons. The van der Waals surface area contributed by atoms with Crippen molar-refractivity contribution in [1.29, 1.82) is 0 Å². The van der Waals surface area contributed by atoms with Crippen molar-refractivity contribution in [2.24, 2.45) is 0 Å². The summed E-state index contributed by atoms with van der Waals surface area (Å²) in [5.74, 6) is 0. The quantitative estimate of drug-likeness (QED) is 0.546. The molecule has 1 rings (SSSR count). The molecule has 0 amide bonds. The first-order valence-corrected chi connectivity index (χ1v) is 3.82. The van der Waals surface area contributed by atoms with Crippen LogP contribution in [-0.4, -0.2) is 43.7 Å². The Morgan fingerprint density at radius 2 is 1.62 bits per heavy atom. The lowest BCUT2D eigenvalue weighted by molar-refractivity contribution is 0.478. The molecule has 0 unspecified atom stereocenters. The lowest BCUT2D eigenvalue weighted by Gasteiger charge is -2.07. The molecule has 0 aliphatic rings. The van der Waals surface area contributed by atoms with Crippen LogP contribution in [0.2, 0.25) is 0 Å². The molecule has 0 atom stereocenters. The van der Waals surface area contributed by atoms with Gasteiger partial charge >= 0.3 is 0 Å². The Bertz CT molecular complexity index is 204. The second-order valence-electron chi connectivity index (χ2n) is 2.88. The third-order valence-corrected chi connectivity index (χ3v) is 1.49. The topological polar surface area (TPSA) is 66.2 Å². The van der Waals surface area contributed by atoms with Crippen LogP contribution >= 0.6 is 0 Å². The normalized spacial score (nSPS) is 8.54. The van der Waals surface area contributed by atoms with Gasteiger partial charge in [0.15, 0.2) is 7.28 Å². The van der Waals surface area contributed by atoms with Gasteiger partial charge in [-0.15, -0.1) is 0 Å². The first kappa shape index (κ1) is 14.7. The molecule has 3 nitrogen and oxygen atoms in total. The summed E-state index contributed by atoms with van der Waals surface area (Å²) in [6.07, 6.45) is 1.00. The molecule has 0 fully saturated rings. The van der Waals surface area contributed by atoms with Crippen molar-refractivity contribution in [3.8, 4) is 0 Å². The maximum atomic E-state index is 2.21. The summed E-state index contributed by atoms with van der Waals surface area (Å²) < 4.78 is 0. The van der Waals surface area contributed by atoms with Crippen molar-refractivity contribution in [2.75, 3.05) is 20.5 Å². The van der Waals surface area contributed by atoms with E-state index in [4.69, 9.17) is 0 Å². The molecule has 0 saturated heterocycles. The molecule has 0 saturated carbocycles. The molecule has 0 aliphatic heterocycles. The lowest BCUT2D eigenvalue weighted by atomic mass is 9.70. The Morgan fingerprint density at radius 1 is 1.08 bits per heavy atom. The fourth-order valence-corrected chi connectivity index (χ4v) is 0.877.